The van der Waals surface area contributed by atoms with Crippen LogP contribution < -0.4 is 9.62 Å². The second-order valence-electron chi connectivity index (χ2n) is 7.68. The van der Waals surface area contributed by atoms with Gasteiger partial charge in [0, 0.05) is 18.8 Å². The number of rotatable bonds is 10. The van der Waals surface area contributed by atoms with Crippen LogP contribution in [0.1, 0.15) is 32.7 Å². The van der Waals surface area contributed by atoms with Crippen LogP contribution in [0.25, 0.3) is 0 Å². The molecule has 0 spiro atoms. The lowest BCUT2D eigenvalue weighted by atomic mass is 10.1. The van der Waals surface area contributed by atoms with Gasteiger partial charge in [-0.25, -0.2) is 8.51 Å². The first-order valence-corrected chi connectivity index (χ1v) is 13.2. The van der Waals surface area contributed by atoms with E-state index in [2.05, 4.69) is 14.1 Å². The molecular formula is C25H23ClN4O3S2. The van der Waals surface area contributed by atoms with Crippen LogP contribution in [0.3, 0.4) is 0 Å². The molecule has 0 aliphatic heterocycles. The van der Waals surface area contributed by atoms with Gasteiger partial charge in [0.05, 0.1) is 23.0 Å². The number of aromatic nitrogens is 2. The Morgan fingerprint density at radius 1 is 0.971 bits per heavy atom. The molecule has 7 nitrogen and oxygen atoms in total. The quantitative estimate of drug-likeness (QED) is 0.221. The topological polar surface area (TPSA) is 95.4 Å². The van der Waals surface area contributed by atoms with Crippen LogP contribution in [-0.4, -0.2) is 29.3 Å². The summed E-state index contributed by atoms with van der Waals surface area (Å²) in [6.07, 6.45) is 0.968. The molecule has 1 amide bonds. The van der Waals surface area contributed by atoms with E-state index < -0.39 is 11.3 Å². The van der Waals surface area contributed by atoms with Crippen molar-refractivity contribution < 1.29 is 13.6 Å². The first-order chi connectivity index (χ1) is 17.1. The van der Waals surface area contributed by atoms with E-state index >= 15 is 0 Å². The Kier molecular flexibility index (Phi) is 8.59. The zero-order valence-electron chi connectivity index (χ0n) is 18.6. The summed E-state index contributed by atoms with van der Waals surface area (Å²) in [5.41, 5.74) is 3.82. The lowest BCUT2D eigenvalue weighted by Crippen LogP contribution is -2.28. The van der Waals surface area contributed by atoms with E-state index in [-0.39, 0.29) is 23.0 Å². The number of hydrogen-bond donors (Lipinski definition) is 2. The zero-order chi connectivity index (χ0) is 24.6. The maximum Gasteiger partial charge on any atom is 0.268 e. The number of benzene rings is 3. The number of carbonyl (C=O) groups excluding carboxylic acids is 1. The van der Waals surface area contributed by atoms with Gasteiger partial charge in [-0.15, -0.1) is 11.6 Å². The summed E-state index contributed by atoms with van der Waals surface area (Å²) < 4.78 is 32.8. The molecule has 3 aromatic carbocycles. The van der Waals surface area contributed by atoms with Crippen molar-refractivity contribution in [3.8, 4) is 0 Å². The predicted molar refractivity (Wildman–Crippen MR) is 141 cm³/mol. The molecule has 10 heteroatoms. The average molecular weight is 527 g/mol. The third kappa shape index (κ3) is 6.32. The molecule has 35 heavy (non-hydrogen) atoms. The molecule has 0 aliphatic carbocycles. The number of halogens is 1. The van der Waals surface area contributed by atoms with E-state index in [9.17, 15) is 13.6 Å². The molecule has 4 aromatic rings. The maximum absolute atomic E-state index is 13.2. The number of amides is 1. The van der Waals surface area contributed by atoms with Crippen LogP contribution in [0.5, 0.6) is 0 Å². The summed E-state index contributed by atoms with van der Waals surface area (Å²) in [6.45, 7) is 0.322. The predicted octanol–water partition coefficient (Wildman–Crippen LogP) is 5.12. The molecule has 0 radical (unpaired) electrons. The summed E-state index contributed by atoms with van der Waals surface area (Å²) in [4.78, 5) is 13.2. The Balaban J connectivity index is 1.71. The van der Waals surface area contributed by atoms with E-state index in [1.165, 1.54) is 0 Å². The summed E-state index contributed by atoms with van der Waals surface area (Å²) in [5.74, 6) is 0.239. The molecule has 1 unspecified atom stereocenters. The van der Waals surface area contributed by atoms with Crippen molar-refractivity contribution >= 4 is 52.0 Å². The van der Waals surface area contributed by atoms with Gasteiger partial charge in [0.2, 0.25) is 0 Å². The second kappa shape index (κ2) is 12.0. The van der Waals surface area contributed by atoms with Crippen molar-refractivity contribution in [2.45, 2.75) is 19.4 Å². The van der Waals surface area contributed by atoms with Gasteiger partial charge in [0.15, 0.2) is 5.82 Å². The van der Waals surface area contributed by atoms with Crippen LogP contribution in [0, 0.1) is 0 Å². The Bertz CT molecular complexity index is 1300. The van der Waals surface area contributed by atoms with E-state index in [4.69, 9.17) is 11.6 Å². The first kappa shape index (κ1) is 25.0. The monoisotopic (exact) mass is 526 g/mol. The van der Waals surface area contributed by atoms with Crippen LogP contribution >= 0.6 is 23.3 Å². The van der Waals surface area contributed by atoms with Crippen molar-refractivity contribution in [2.75, 3.05) is 10.2 Å². The fourth-order valence-corrected chi connectivity index (χ4v) is 5.04. The minimum absolute atomic E-state index is 0.236. The fourth-order valence-electron chi connectivity index (χ4n) is 3.60. The van der Waals surface area contributed by atoms with Gasteiger partial charge in [0.1, 0.15) is 5.69 Å². The van der Waals surface area contributed by atoms with E-state index in [0.29, 0.717) is 31.0 Å². The Labute approximate surface area is 215 Å². The van der Waals surface area contributed by atoms with Gasteiger partial charge >= 0.3 is 0 Å². The van der Waals surface area contributed by atoms with Gasteiger partial charge in [0.25, 0.3) is 17.2 Å². The van der Waals surface area contributed by atoms with Gasteiger partial charge < -0.3 is 5.32 Å². The zero-order valence-corrected chi connectivity index (χ0v) is 21.0. The summed E-state index contributed by atoms with van der Waals surface area (Å²) in [6, 6.07) is 24.3. The maximum atomic E-state index is 13.2. The van der Waals surface area contributed by atoms with E-state index in [1.807, 2.05) is 60.7 Å². The van der Waals surface area contributed by atoms with Crippen molar-refractivity contribution in [1.29, 1.82) is 0 Å². The molecule has 180 valence electrons. The smallest absolute Gasteiger partial charge is 0.268 e. The number of nitrogens with one attached hydrogen (secondary N) is 1. The van der Waals surface area contributed by atoms with Crippen LogP contribution in [0.4, 0.5) is 11.5 Å². The highest BCUT2D eigenvalue weighted by atomic mass is 35.5. The molecule has 0 saturated heterocycles. The highest BCUT2D eigenvalue weighted by Crippen LogP contribution is 2.33. The van der Waals surface area contributed by atoms with Crippen molar-refractivity contribution in [2.24, 2.45) is 0 Å². The molecule has 1 heterocycles. The Hall–Kier alpha value is -3.11. The highest BCUT2D eigenvalue weighted by Gasteiger charge is 2.27. The molecule has 2 N–H and O–H groups in total. The Morgan fingerprint density at radius 3 is 2.31 bits per heavy atom. The van der Waals surface area contributed by atoms with Crippen LogP contribution in [0.2, 0.25) is 0 Å². The number of carbonyl (C=O) groups is 1. The summed E-state index contributed by atoms with van der Waals surface area (Å²) in [7, 11) is 0. The van der Waals surface area contributed by atoms with E-state index in [0.717, 1.165) is 32.7 Å². The molecule has 1 atom stereocenters. The van der Waals surface area contributed by atoms with Crippen molar-refractivity contribution in [1.82, 2.24) is 14.1 Å². The minimum Gasteiger partial charge on any atom is -0.348 e. The molecule has 1 aromatic heterocycles. The van der Waals surface area contributed by atoms with Gasteiger partial charge in [-0.05, 0) is 35.2 Å². The number of hydrogen-bond acceptors (Lipinski definition) is 5. The SMILES string of the molecule is O=C(NCc1ccccc1)c1ccc(CCCl)cc1N(c1nsnc1Cc1ccccc1)S(=O)O. The fraction of sp³-hybridized carbons (Fsp3) is 0.160. The standard InChI is InChI=1S/C25H23ClN4O3S2/c26-14-13-19-11-12-21(25(31)27-17-20-9-5-2-6-10-20)23(16-19)30(35(32)33)24-22(28-34-29-24)15-18-7-3-1-4-8-18/h1-12,16H,13-15,17H2,(H,27,31)(H,32,33). The first-order valence-electron chi connectivity index (χ1n) is 10.8. The highest BCUT2D eigenvalue weighted by molar-refractivity contribution is 7.81. The number of anilines is 2. The average Bonchev–Trinajstić information content (AvgIpc) is 3.31. The van der Waals surface area contributed by atoms with Gasteiger partial charge in [-0.1, -0.05) is 66.7 Å². The molecule has 0 bridgehead atoms. The molecule has 0 fully saturated rings. The molecule has 0 saturated carbocycles. The van der Waals surface area contributed by atoms with Crippen LogP contribution in [-0.2, 0) is 30.7 Å². The minimum atomic E-state index is -2.51. The Morgan fingerprint density at radius 2 is 1.66 bits per heavy atom. The van der Waals surface area contributed by atoms with Crippen LogP contribution in [0.15, 0.2) is 78.9 Å². The second-order valence-corrected chi connectivity index (χ2v) is 9.41. The van der Waals surface area contributed by atoms with Crippen molar-refractivity contribution in [3.05, 3.63) is 107 Å². The van der Waals surface area contributed by atoms with Gasteiger partial charge in [-0.2, -0.15) is 8.75 Å². The third-order valence-corrected chi connectivity index (χ3v) is 6.73. The molecule has 0 aliphatic rings. The summed E-state index contributed by atoms with van der Waals surface area (Å²) in [5, 5.41) is 2.89. The lowest BCUT2D eigenvalue weighted by molar-refractivity contribution is 0.0951. The van der Waals surface area contributed by atoms with Crippen molar-refractivity contribution in [3.63, 3.8) is 0 Å². The van der Waals surface area contributed by atoms with E-state index in [1.54, 1.807) is 18.2 Å². The third-order valence-electron chi connectivity index (χ3n) is 5.30. The normalized spacial score (nSPS) is 11.7. The number of nitrogens with zero attached hydrogens (tertiary/aromatic N) is 3. The summed E-state index contributed by atoms with van der Waals surface area (Å²) >= 11 is 4.39. The molecular weight excluding hydrogens is 504 g/mol. The largest absolute Gasteiger partial charge is 0.348 e. The number of aryl methyl sites for hydroxylation is 1. The van der Waals surface area contributed by atoms with Gasteiger partial charge in [-0.3, -0.25) is 9.35 Å². The number of alkyl halides is 1. The lowest BCUT2D eigenvalue weighted by Gasteiger charge is -2.22. The molecule has 4 rings (SSSR count).